The zero-order valence-corrected chi connectivity index (χ0v) is 9.80. The highest BCUT2D eigenvalue weighted by Gasteiger charge is 2.15. The Labute approximate surface area is 98.7 Å². The van der Waals surface area contributed by atoms with Crippen molar-refractivity contribution in [3.63, 3.8) is 0 Å². The molecule has 1 atom stereocenters. The molecule has 17 heavy (non-hydrogen) atoms. The number of nitrogens with two attached hydrogens (primary N) is 1. The van der Waals surface area contributed by atoms with Gasteiger partial charge in [-0.25, -0.2) is 4.79 Å². The Hall–Kier alpha value is -1.83. The Morgan fingerprint density at radius 3 is 2.47 bits per heavy atom. The van der Waals surface area contributed by atoms with Crippen molar-refractivity contribution in [3.8, 4) is 0 Å². The topological polar surface area (TPSA) is 122 Å². The number of nitrogens with zero attached hydrogens (tertiary/aromatic N) is 1. The molecule has 8 nitrogen and oxygen atoms in total. The molecule has 0 bridgehead atoms. The third-order valence-electron chi connectivity index (χ3n) is 1.96. The van der Waals surface area contributed by atoms with E-state index in [9.17, 15) is 14.4 Å². The van der Waals surface area contributed by atoms with Gasteiger partial charge < -0.3 is 25.8 Å². The van der Waals surface area contributed by atoms with Gasteiger partial charge in [0.05, 0.1) is 12.5 Å². The third-order valence-corrected chi connectivity index (χ3v) is 1.96. The predicted octanol–water partition coefficient (Wildman–Crippen LogP) is -1.40. The molecule has 8 heteroatoms. The first-order chi connectivity index (χ1) is 7.86. The molecule has 1 unspecified atom stereocenters. The second-order valence-corrected chi connectivity index (χ2v) is 3.46. The quantitative estimate of drug-likeness (QED) is 0.511. The molecule has 0 aromatic heterocycles. The molecule has 0 rings (SSSR count). The Balaban J connectivity index is 4.03. The average Bonchev–Trinajstić information content (AvgIpc) is 2.22. The van der Waals surface area contributed by atoms with Crippen LogP contribution < -0.4 is 11.1 Å². The number of hydrogen-bond acceptors (Lipinski definition) is 4. The van der Waals surface area contributed by atoms with Crippen LogP contribution in [0.5, 0.6) is 0 Å². The maximum absolute atomic E-state index is 11.4. The number of carbonyl (C=O) groups is 3. The van der Waals surface area contributed by atoms with Crippen LogP contribution in [-0.4, -0.2) is 61.3 Å². The Morgan fingerprint density at radius 1 is 1.47 bits per heavy atom. The summed E-state index contributed by atoms with van der Waals surface area (Å²) in [6.07, 6.45) is -0.825. The number of hydrogen-bond donors (Lipinski definition) is 3. The highest BCUT2D eigenvalue weighted by atomic mass is 16.5. The summed E-state index contributed by atoms with van der Waals surface area (Å²) in [5.41, 5.74) is 4.92. The van der Waals surface area contributed by atoms with Crippen LogP contribution in [-0.2, 0) is 14.3 Å². The highest BCUT2D eigenvalue weighted by molar-refractivity contribution is 5.82. The normalized spacial score (nSPS) is 11.6. The van der Waals surface area contributed by atoms with Gasteiger partial charge in [-0.3, -0.25) is 9.59 Å². The number of methoxy groups -OCH3 is 1. The van der Waals surface area contributed by atoms with Crippen LogP contribution in [0.25, 0.3) is 0 Å². The van der Waals surface area contributed by atoms with Gasteiger partial charge in [0.25, 0.3) is 0 Å². The van der Waals surface area contributed by atoms with Gasteiger partial charge >= 0.3 is 12.0 Å². The summed E-state index contributed by atoms with van der Waals surface area (Å²) in [5.74, 6) is -1.65. The molecule has 0 aromatic carbocycles. The number of ether oxygens (including phenoxy) is 1. The first-order valence-corrected chi connectivity index (χ1v) is 4.88. The van der Waals surface area contributed by atoms with Crippen molar-refractivity contribution in [1.29, 1.82) is 0 Å². The molecule has 0 aromatic rings. The zero-order chi connectivity index (χ0) is 13.4. The number of carboxylic acid groups (broad SMARTS) is 1. The summed E-state index contributed by atoms with van der Waals surface area (Å²) < 4.78 is 4.87. The van der Waals surface area contributed by atoms with Gasteiger partial charge in [0, 0.05) is 20.7 Å². The van der Waals surface area contributed by atoms with E-state index in [0.29, 0.717) is 0 Å². The van der Waals surface area contributed by atoms with Crippen molar-refractivity contribution in [3.05, 3.63) is 0 Å². The lowest BCUT2D eigenvalue weighted by Crippen LogP contribution is -2.44. The average molecular weight is 247 g/mol. The summed E-state index contributed by atoms with van der Waals surface area (Å²) in [5, 5.41) is 11.0. The Bertz CT molecular complexity index is 294. The van der Waals surface area contributed by atoms with Crippen LogP contribution in [0.15, 0.2) is 0 Å². The second-order valence-electron chi connectivity index (χ2n) is 3.46. The van der Waals surface area contributed by atoms with Gasteiger partial charge in [0.15, 0.2) is 0 Å². The molecule has 0 saturated heterocycles. The van der Waals surface area contributed by atoms with E-state index in [1.807, 2.05) is 0 Å². The highest BCUT2D eigenvalue weighted by Crippen LogP contribution is 1.96. The van der Waals surface area contributed by atoms with Crippen LogP contribution in [0, 0.1) is 0 Å². The van der Waals surface area contributed by atoms with Crippen molar-refractivity contribution < 1.29 is 24.2 Å². The fraction of sp³-hybridized carbons (Fsp3) is 0.667. The first kappa shape index (κ1) is 15.2. The summed E-state index contributed by atoms with van der Waals surface area (Å²) in [7, 11) is 2.76. The standard InChI is InChI=1S/C9H17N3O5/c1-12(5-7(10)13)9(16)11-4-6(17-2)3-8(14)15/h6H,3-5H2,1-2H3,(H2,10,13)(H,11,16)(H,14,15). The van der Waals surface area contributed by atoms with Crippen LogP contribution >= 0.6 is 0 Å². The van der Waals surface area contributed by atoms with Crippen molar-refractivity contribution >= 4 is 17.9 Å². The Kier molecular flexibility index (Phi) is 6.64. The van der Waals surface area contributed by atoms with E-state index in [2.05, 4.69) is 5.32 Å². The van der Waals surface area contributed by atoms with Gasteiger partial charge in [-0.05, 0) is 0 Å². The molecule has 3 amide bonds. The number of primary amides is 1. The minimum Gasteiger partial charge on any atom is -0.481 e. The molecule has 0 heterocycles. The van der Waals surface area contributed by atoms with E-state index in [0.717, 1.165) is 4.90 Å². The number of carbonyl (C=O) groups excluding carboxylic acids is 2. The largest absolute Gasteiger partial charge is 0.481 e. The fourth-order valence-corrected chi connectivity index (χ4v) is 1.08. The van der Waals surface area contributed by atoms with Gasteiger partial charge in [0.2, 0.25) is 5.91 Å². The number of likely N-dealkylation sites (N-methyl/N-ethyl adjacent to an activating group) is 1. The van der Waals surface area contributed by atoms with E-state index in [4.69, 9.17) is 15.6 Å². The summed E-state index contributed by atoms with van der Waals surface area (Å²) in [6, 6.07) is -0.517. The van der Waals surface area contributed by atoms with E-state index in [1.54, 1.807) is 0 Å². The van der Waals surface area contributed by atoms with Gasteiger partial charge in [0.1, 0.15) is 6.54 Å². The predicted molar refractivity (Wildman–Crippen MR) is 58.3 cm³/mol. The van der Waals surface area contributed by atoms with Crippen LogP contribution in [0.1, 0.15) is 6.42 Å². The molecule has 0 fully saturated rings. The lowest BCUT2D eigenvalue weighted by Gasteiger charge is -2.19. The molecule has 98 valence electrons. The molecular formula is C9H17N3O5. The second kappa shape index (κ2) is 7.44. The molecule has 0 aliphatic heterocycles. The van der Waals surface area contributed by atoms with Gasteiger partial charge in [-0.15, -0.1) is 0 Å². The van der Waals surface area contributed by atoms with E-state index < -0.39 is 24.0 Å². The summed E-state index contributed by atoms with van der Waals surface area (Å²) in [6.45, 7) is -0.160. The fourth-order valence-electron chi connectivity index (χ4n) is 1.08. The van der Waals surface area contributed by atoms with Crippen molar-refractivity contribution in [2.75, 3.05) is 27.2 Å². The number of nitrogens with one attached hydrogen (secondary N) is 1. The molecule has 0 spiro atoms. The molecule has 0 aliphatic carbocycles. The maximum Gasteiger partial charge on any atom is 0.317 e. The van der Waals surface area contributed by atoms with Crippen LogP contribution in [0.3, 0.4) is 0 Å². The number of carboxylic acids is 1. The van der Waals surface area contributed by atoms with Crippen molar-refractivity contribution in [2.45, 2.75) is 12.5 Å². The lowest BCUT2D eigenvalue weighted by molar-refractivity contribution is -0.139. The smallest absolute Gasteiger partial charge is 0.317 e. The number of urea groups is 1. The first-order valence-electron chi connectivity index (χ1n) is 4.88. The third kappa shape index (κ3) is 7.12. The number of aliphatic carboxylic acids is 1. The van der Waals surface area contributed by atoms with Gasteiger partial charge in [-0.1, -0.05) is 0 Å². The minimum atomic E-state index is -1.02. The zero-order valence-electron chi connectivity index (χ0n) is 9.80. The van der Waals surface area contributed by atoms with E-state index in [-0.39, 0.29) is 19.5 Å². The molecule has 0 saturated carbocycles. The van der Waals surface area contributed by atoms with Crippen LogP contribution in [0.2, 0.25) is 0 Å². The number of amides is 3. The Morgan fingerprint density at radius 2 is 2.06 bits per heavy atom. The summed E-state index contributed by atoms with van der Waals surface area (Å²) >= 11 is 0. The number of rotatable bonds is 7. The minimum absolute atomic E-state index is 0.0464. The monoisotopic (exact) mass is 247 g/mol. The molecule has 4 N–H and O–H groups in total. The van der Waals surface area contributed by atoms with E-state index in [1.165, 1.54) is 14.2 Å². The lowest BCUT2D eigenvalue weighted by atomic mass is 10.2. The van der Waals surface area contributed by atoms with Crippen molar-refractivity contribution in [1.82, 2.24) is 10.2 Å². The molecule has 0 radical (unpaired) electrons. The maximum atomic E-state index is 11.4. The van der Waals surface area contributed by atoms with E-state index >= 15 is 0 Å². The van der Waals surface area contributed by atoms with Crippen LogP contribution in [0.4, 0.5) is 4.79 Å². The van der Waals surface area contributed by atoms with Gasteiger partial charge in [-0.2, -0.15) is 0 Å². The van der Waals surface area contributed by atoms with Crippen molar-refractivity contribution in [2.24, 2.45) is 5.73 Å². The molecule has 0 aliphatic rings. The SMILES string of the molecule is COC(CNC(=O)N(C)CC(N)=O)CC(=O)O. The summed E-state index contributed by atoms with van der Waals surface area (Å²) in [4.78, 5) is 33.5. The molecular weight excluding hydrogens is 230 g/mol.